The molecule has 1 spiro atoms. The Kier molecular flexibility index (Phi) is 8.21. The van der Waals surface area contributed by atoms with Crippen molar-refractivity contribution < 1.29 is 50.9 Å². The van der Waals surface area contributed by atoms with Crippen LogP contribution in [0.25, 0.3) is 11.0 Å². The summed E-state index contributed by atoms with van der Waals surface area (Å²) in [6.45, 7) is 1.70. The standard InChI is InChI=1S/C29H29ClF3NO8/c1-16(35)22-23(37-2)20-6-11-39-24(20)26(38-3)25(22)40-15-19(41-27(36)29(31,32)33)14-34-9-7-28(8-10-34)13-17-12-18(30)4-5-21(17)42-28/h4-6,11-12,19H,7-10,13-15H2,1-3H3/t19-/m0/s1. The minimum Gasteiger partial charge on any atom is -0.495 e. The van der Waals surface area contributed by atoms with Crippen molar-refractivity contribution in [1.82, 2.24) is 4.90 Å². The van der Waals surface area contributed by atoms with Gasteiger partial charge in [-0.05, 0) is 36.8 Å². The molecular weight excluding hydrogens is 583 g/mol. The first-order chi connectivity index (χ1) is 19.9. The van der Waals surface area contributed by atoms with Crippen LogP contribution in [0.4, 0.5) is 13.2 Å². The van der Waals surface area contributed by atoms with Crippen molar-refractivity contribution in [2.45, 2.75) is 44.1 Å². The monoisotopic (exact) mass is 611 g/mol. The highest BCUT2D eigenvalue weighted by Crippen LogP contribution is 2.47. The van der Waals surface area contributed by atoms with E-state index in [0.29, 0.717) is 42.8 Å². The highest BCUT2D eigenvalue weighted by molar-refractivity contribution is 6.30. The third-order valence-corrected chi connectivity index (χ3v) is 7.78. The molecule has 13 heteroatoms. The predicted octanol–water partition coefficient (Wildman–Crippen LogP) is 5.63. The van der Waals surface area contributed by atoms with Crippen LogP contribution in [0, 0.1) is 0 Å². The summed E-state index contributed by atoms with van der Waals surface area (Å²) in [6.07, 6.45) is -3.27. The summed E-state index contributed by atoms with van der Waals surface area (Å²) in [6, 6.07) is 7.06. The van der Waals surface area contributed by atoms with E-state index in [2.05, 4.69) is 0 Å². The largest absolute Gasteiger partial charge is 0.495 e. The van der Waals surface area contributed by atoms with Crippen molar-refractivity contribution in [3.8, 4) is 23.0 Å². The Morgan fingerprint density at radius 3 is 2.45 bits per heavy atom. The number of nitrogens with zero attached hydrogens (tertiary/aromatic N) is 1. The van der Waals surface area contributed by atoms with Gasteiger partial charge in [0.05, 0.1) is 25.9 Å². The Labute approximate surface area is 244 Å². The summed E-state index contributed by atoms with van der Waals surface area (Å²) in [5.74, 6) is -1.88. The molecule has 3 aromatic rings. The third kappa shape index (κ3) is 5.82. The van der Waals surface area contributed by atoms with Gasteiger partial charge >= 0.3 is 12.1 Å². The quantitative estimate of drug-likeness (QED) is 0.225. The van der Waals surface area contributed by atoms with Gasteiger partial charge in [0.15, 0.2) is 17.1 Å². The number of hydrogen-bond donors (Lipinski definition) is 0. The molecule has 0 N–H and O–H groups in total. The molecule has 3 heterocycles. The summed E-state index contributed by atoms with van der Waals surface area (Å²) in [5, 5.41) is 1.07. The van der Waals surface area contributed by atoms with E-state index in [-0.39, 0.29) is 34.9 Å². The lowest BCUT2D eigenvalue weighted by atomic mass is 9.87. The number of methoxy groups -OCH3 is 2. The molecule has 0 amide bonds. The smallest absolute Gasteiger partial charge is 0.490 e. The normalized spacial score (nSPS) is 17.0. The summed E-state index contributed by atoms with van der Waals surface area (Å²) in [7, 11) is 2.70. The average Bonchev–Trinajstić information content (AvgIpc) is 3.55. The Balaban J connectivity index is 1.35. The van der Waals surface area contributed by atoms with E-state index in [1.165, 1.54) is 27.4 Å². The number of Topliss-reactive ketones (excluding diaryl/α,β-unsaturated/α-hetero) is 1. The van der Waals surface area contributed by atoms with Gasteiger partial charge in [0.1, 0.15) is 35.4 Å². The first-order valence-electron chi connectivity index (χ1n) is 13.2. The van der Waals surface area contributed by atoms with Crippen LogP contribution in [0.2, 0.25) is 5.02 Å². The fraction of sp³-hybridized carbons (Fsp3) is 0.448. The second-order valence-electron chi connectivity index (χ2n) is 10.3. The van der Waals surface area contributed by atoms with E-state index in [0.717, 1.165) is 11.3 Å². The number of alkyl halides is 3. The Bertz CT molecular complexity index is 1500. The third-order valence-electron chi connectivity index (χ3n) is 7.55. The zero-order valence-corrected chi connectivity index (χ0v) is 23.9. The predicted molar refractivity (Wildman–Crippen MR) is 145 cm³/mol. The van der Waals surface area contributed by atoms with Crippen LogP contribution in [0.1, 0.15) is 35.7 Å². The molecule has 226 valence electrons. The van der Waals surface area contributed by atoms with Crippen molar-refractivity contribution in [2.75, 3.05) is 40.5 Å². The van der Waals surface area contributed by atoms with Crippen LogP contribution in [0.15, 0.2) is 34.9 Å². The molecule has 0 bridgehead atoms. The van der Waals surface area contributed by atoms with E-state index in [4.69, 9.17) is 39.7 Å². The van der Waals surface area contributed by atoms with Gasteiger partial charge < -0.3 is 28.1 Å². The topological polar surface area (TPSA) is 96.7 Å². The molecule has 2 aliphatic heterocycles. The fourth-order valence-electron chi connectivity index (χ4n) is 5.60. The highest BCUT2D eigenvalue weighted by Gasteiger charge is 2.45. The number of carbonyl (C=O) groups is 2. The first-order valence-corrected chi connectivity index (χ1v) is 13.6. The molecule has 9 nitrogen and oxygen atoms in total. The van der Waals surface area contributed by atoms with Crippen LogP contribution >= 0.6 is 11.6 Å². The summed E-state index contributed by atoms with van der Waals surface area (Å²) in [5.41, 5.74) is 0.817. The van der Waals surface area contributed by atoms with Gasteiger partial charge in [-0.15, -0.1) is 0 Å². The number of carbonyl (C=O) groups excluding carboxylic acids is 2. The van der Waals surface area contributed by atoms with Crippen molar-refractivity contribution in [3.63, 3.8) is 0 Å². The number of fused-ring (bicyclic) bond motifs is 2. The van der Waals surface area contributed by atoms with E-state index in [9.17, 15) is 22.8 Å². The number of benzene rings is 2. The van der Waals surface area contributed by atoms with E-state index in [1.807, 2.05) is 17.0 Å². The molecule has 1 atom stereocenters. The molecule has 0 aliphatic carbocycles. The summed E-state index contributed by atoms with van der Waals surface area (Å²) in [4.78, 5) is 26.4. The van der Waals surface area contributed by atoms with Gasteiger partial charge in [-0.3, -0.25) is 9.69 Å². The van der Waals surface area contributed by atoms with Crippen LogP contribution in [-0.4, -0.2) is 75.0 Å². The molecule has 1 fully saturated rings. The molecule has 0 unspecified atom stereocenters. The Hall–Kier alpha value is -3.64. The van der Waals surface area contributed by atoms with Crippen molar-refractivity contribution in [3.05, 3.63) is 46.7 Å². The van der Waals surface area contributed by atoms with Crippen LogP contribution in [0.3, 0.4) is 0 Å². The van der Waals surface area contributed by atoms with Gasteiger partial charge in [0, 0.05) is 43.9 Å². The lowest BCUT2D eigenvalue weighted by molar-refractivity contribution is -0.207. The van der Waals surface area contributed by atoms with Crippen LogP contribution < -0.4 is 18.9 Å². The minimum absolute atomic E-state index is 0.0158. The van der Waals surface area contributed by atoms with E-state index in [1.54, 1.807) is 12.1 Å². The van der Waals surface area contributed by atoms with Gasteiger partial charge in [-0.25, -0.2) is 4.79 Å². The molecular formula is C29H29ClF3NO8. The molecule has 1 saturated heterocycles. The molecule has 0 radical (unpaired) electrons. The number of ether oxygens (including phenoxy) is 5. The Morgan fingerprint density at radius 1 is 1.10 bits per heavy atom. The maximum atomic E-state index is 13.2. The lowest BCUT2D eigenvalue weighted by Gasteiger charge is -2.39. The zero-order valence-electron chi connectivity index (χ0n) is 23.1. The number of halogens is 4. The van der Waals surface area contributed by atoms with E-state index >= 15 is 0 Å². The molecule has 42 heavy (non-hydrogen) atoms. The number of hydrogen-bond acceptors (Lipinski definition) is 9. The zero-order chi connectivity index (χ0) is 30.2. The maximum absolute atomic E-state index is 13.2. The number of ketones is 1. The average molecular weight is 612 g/mol. The first kappa shape index (κ1) is 29.8. The van der Waals surface area contributed by atoms with Crippen molar-refractivity contribution in [1.29, 1.82) is 0 Å². The van der Waals surface area contributed by atoms with Crippen LogP contribution in [-0.2, 0) is 16.0 Å². The summed E-state index contributed by atoms with van der Waals surface area (Å²) < 4.78 is 73.0. The SMILES string of the molecule is COc1c(C(C)=O)c(OC[C@H](CN2CCC3(CC2)Cc2cc(Cl)ccc2O3)OC(=O)C(F)(F)F)c(OC)c2occc12. The maximum Gasteiger partial charge on any atom is 0.490 e. The van der Waals surface area contributed by atoms with Gasteiger partial charge in [-0.1, -0.05) is 11.6 Å². The highest BCUT2D eigenvalue weighted by atomic mass is 35.5. The fourth-order valence-corrected chi connectivity index (χ4v) is 5.80. The van der Waals surface area contributed by atoms with E-state index < -0.39 is 36.2 Å². The van der Waals surface area contributed by atoms with Gasteiger partial charge in [-0.2, -0.15) is 13.2 Å². The van der Waals surface area contributed by atoms with Crippen molar-refractivity contribution in [2.24, 2.45) is 0 Å². The second kappa shape index (κ2) is 11.6. The number of esters is 1. The lowest BCUT2D eigenvalue weighted by Crippen LogP contribution is -2.50. The number of furan rings is 1. The molecule has 0 saturated carbocycles. The second-order valence-corrected chi connectivity index (χ2v) is 10.8. The van der Waals surface area contributed by atoms with Crippen molar-refractivity contribution >= 4 is 34.3 Å². The molecule has 2 aromatic carbocycles. The summed E-state index contributed by atoms with van der Waals surface area (Å²) >= 11 is 6.13. The number of likely N-dealkylation sites (tertiary alicyclic amines) is 1. The molecule has 2 aliphatic rings. The Morgan fingerprint density at radius 2 is 1.81 bits per heavy atom. The van der Waals surface area contributed by atoms with Gasteiger partial charge in [0.25, 0.3) is 0 Å². The molecule has 5 rings (SSSR count). The number of piperidine rings is 1. The minimum atomic E-state index is -5.20. The van der Waals surface area contributed by atoms with Gasteiger partial charge in [0.2, 0.25) is 5.75 Å². The molecule has 1 aromatic heterocycles. The van der Waals surface area contributed by atoms with Crippen LogP contribution in [0.5, 0.6) is 23.0 Å². The number of rotatable bonds is 9.